The Hall–Kier alpha value is -1.57. The minimum absolute atomic E-state index is 0.0200. The molecule has 136 valence electrons. The number of hydrogen-bond acceptors (Lipinski definition) is 5. The minimum Gasteiger partial charge on any atom is -0.490 e. The van der Waals surface area contributed by atoms with Crippen LogP contribution in [-0.2, 0) is 9.47 Å². The van der Waals surface area contributed by atoms with Crippen LogP contribution in [0.3, 0.4) is 0 Å². The van der Waals surface area contributed by atoms with E-state index in [0.717, 1.165) is 5.39 Å². The van der Waals surface area contributed by atoms with Crippen LogP contribution in [0.4, 0.5) is 0 Å². The third-order valence-corrected chi connectivity index (χ3v) is 4.46. The van der Waals surface area contributed by atoms with Crippen molar-refractivity contribution in [1.29, 1.82) is 0 Å². The Balaban J connectivity index is 1.91. The van der Waals surface area contributed by atoms with Crippen LogP contribution in [0.5, 0.6) is 5.75 Å². The number of ether oxygens (including phenoxy) is 3. The fraction of sp³-hybridized carbons (Fsp3) is 0.500. The maximum atomic E-state index is 13.0. The van der Waals surface area contributed by atoms with Crippen molar-refractivity contribution in [1.82, 2.24) is 4.90 Å². The van der Waals surface area contributed by atoms with Crippen molar-refractivity contribution in [3.63, 3.8) is 0 Å². The summed E-state index contributed by atoms with van der Waals surface area (Å²) in [4.78, 5) is 14.8. The minimum atomic E-state index is -0.0481. The van der Waals surface area contributed by atoms with Crippen LogP contribution >= 0.6 is 15.9 Å². The van der Waals surface area contributed by atoms with Crippen LogP contribution < -0.4 is 4.74 Å². The summed E-state index contributed by atoms with van der Waals surface area (Å²) in [5, 5.41) is 0.822. The molecule has 1 aliphatic rings. The van der Waals surface area contributed by atoms with E-state index in [1.807, 2.05) is 24.8 Å². The van der Waals surface area contributed by atoms with Crippen molar-refractivity contribution >= 4 is 32.8 Å². The lowest BCUT2D eigenvalue weighted by Gasteiger charge is -2.35. The number of furan rings is 1. The van der Waals surface area contributed by atoms with E-state index < -0.39 is 0 Å². The van der Waals surface area contributed by atoms with E-state index in [-0.39, 0.29) is 18.1 Å². The molecule has 0 radical (unpaired) electrons. The summed E-state index contributed by atoms with van der Waals surface area (Å²) in [6, 6.07) is 5.37. The number of nitrogens with zero attached hydrogens (tertiary/aromatic N) is 1. The number of benzene rings is 1. The second-order valence-electron chi connectivity index (χ2n) is 6.25. The third kappa shape index (κ3) is 4.16. The average molecular weight is 412 g/mol. The molecule has 1 amide bonds. The summed E-state index contributed by atoms with van der Waals surface area (Å²) in [7, 11) is 1.62. The van der Waals surface area contributed by atoms with Gasteiger partial charge in [0.25, 0.3) is 5.91 Å². The summed E-state index contributed by atoms with van der Waals surface area (Å²) < 4.78 is 22.8. The molecule has 2 atom stereocenters. The number of halogens is 1. The first-order valence-electron chi connectivity index (χ1n) is 8.27. The van der Waals surface area contributed by atoms with Crippen LogP contribution in [0.2, 0.25) is 0 Å². The highest BCUT2D eigenvalue weighted by Gasteiger charge is 2.27. The molecule has 1 aromatic heterocycles. The summed E-state index contributed by atoms with van der Waals surface area (Å²) in [6.45, 7) is 5.96. The summed E-state index contributed by atoms with van der Waals surface area (Å²) >= 11 is 3.34. The van der Waals surface area contributed by atoms with E-state index in [1.165, 1.54) is 0 Å². The van der Waals surface area contributed by atoms with Gasteiger partial charge in [-0.15, -0.1) is 0 Å². The smallest absolute Gasteiger partial charge is 0.254 e. The SMILES string of the molecule is COCCOc1cc(C(=O)N2CC(C)OC(C)C2)cc2oc(Br)cc12. The normalized spacial score (nSPS) is 20.9. The third-order valence-electron chi connectivity index (χ3n) is 4.07. The lowest BCUT2D eigenvalue weighted by Crippen LogP contribution is -2.48. The lowest BCUT2D eigenvalue weighted by molar-refractivity contribution is -0.0586. The van der Waals surface area contributed by atoms with Gasteiger partial charge in [-0.3, -0.25) is 4.79 Å². The summed E-state index contributed by atoms with van der Waals surface area (Å²) in [5.41, 5.74) is 1.16. The van der Waals surface area contributed by atoms with Gasteiger partial charge in [0.05, 0.1) is 24.2 Å². The lowest BCUT2D eigenvalue weighted by atomic mass is 10.1. The standard InChI is InChI=1S/C18H22BrNO5/c1-11-9-20(10-12(2)24-11)18(21)13-6-15(23-5-4-22-3)14-8-17(19)25-16(14)7-13/h6-8,11-12H,4-5,9-10H2,1-3H3. The van der Waals surface area contributed by atoms with Crippen LogP contribution in [0.25, 0.3) is 11.0 Å². The molecule has 3 rings (SSSR count). The van der Waals surface area contributed by atoms with Crippen LogP contribution in [0, 0.1) is 0 Å². The number of hydrogen-bond donors (Lipinski definition) is 0. The molecule has 1 saturated heterocycles. The Morgan fingerprint density at radius 1 is 1.24 bits per heavy atom. The highest BCUT2D eigenvalue weighted by Crippen LogP contribution is 2.33. The summed E-state index contributed by atoms with van der Waals surface area (Å²) in [6.07, 6.45) is 0.0400. The molecule has 25 heavy (non-hydrogen) atoms. The second kappa shape index (κ2) is 7.76. The summed E-state index contributed by atoms with van der Waals surface area (Å²) in [5.74, 6) is 0.565. The Morgan fingerprint density at radius 3 is 2.64 bits per heavy atom. The number of amides is 1. The zero-order chi connectivity index (χ0) is 18.0. The second-order valence-corrected chi connectivity index (χ2v) is 7.03. The predicted octanol–water partition coefficient (Wildman–Crippen LogP) is 3.47. The molecular weight excluding hydrogens is 390 g/mol. The molecule has 0 N–H and O–H groups in total. The molecule has 0 saturated carbocycles. The van der Waals surface area contributed by atoms with Gasteiger partial charge >= 0.3 is 0 Å². The van der Waals surface area contributed by atoms with Gasteiger partial charge in [-0.05, 0) is 41.9 Å². The highest BCUT2D eigenvalue weighted by molar-refractivity contribution is 9.10. The van der Waals surface area contributed by atoms with Crippen molar-refractivity contribution in [2.45, 2.75) is 26.1 Å². The first-order chi connectivity index (χ1) is 12.0. The van der Waals surface area contributed by atoms with Crippen LogP contribution in [0.15, 0.2) is 27.3 Å². The molecule has 1 aromatic carbocycles. The van der Waals surface area contributed by atoms with E-state index in [9.17, 15) is 4.79 Å². The molecule has 2 heterocycles. The topological polar surface area (TPSA) is 61.1 Å². The fourth-order valence-electron chi connectivity index (χ4n) is 3.08. The van der Waals surface area contributed by atoms with E-state index in [4.69, 9.17) is 18.6 Å². The van der Waals surface area contributed by atoms with Gasteiger partial charge in [0.2, 0.25) is 0 Å². The maximum absolute atomic E-state index is 13.0. The molecule has 2 aromatic rings. The molecular formula is C18H22BrNO5. The van der Waals surface area contributed by atoms with E-state index in [2.05, 4.69) is 15.9 Å². The molecule has 1 aliphatic heterocycles. The van der Waals surface area contributed by atoms with Gasteiger partial charge in [-0.1, -0.05) is 0 Å². The molecule has 0 aliphatic carbocycles. The van der Waals surface area contributed by atoms with Gasteiger partial charge in [-0.25, -0.2) is 0 Å². The van der Waals surface area contributed by atoms with Gasteiger partial charge in [0.15, 0.2) is 4.67 Å². The molecule has 7 heteroatoms. The first-order valence-corrected chi connectivity index (χ1v) is 9.06. The predicted molar refractivity (Wildman–Crippen MR) is 97.2 cm³/mol. The molecule has 2 unspecified atom stereocenters. The maximum Gasteiger partial charge on any atom is 0.254 e. The number of carbonyl (C=O) groups excluding carboxylic acids is 1. The number of carbonyl (C=O) groups is 1. The van der Waals surface area contributed by atoms with Crippen molar-refractivity contribution < 1.29 is 23.4 Å². The van der Waals surface area contributed by atoms with Crippen molar-refractivity contribution in [2.75, 3.05) is 33.4 Å². The Morgan fingerprint density at radius 2 is 1.96 bits per heavy atom. The van der Waals surface area contributed by atoms with Gasteiger partial charge < -0.3 is 23.5 Å². The molecule has 0 spiro atoms. The number of rotatable bonds is 5. The number of methoxy groups -OCH3 is 1. The zero-order valence-corrected chi connectivity index (χ0v) is 16.2. The van der Waals surface area contributed by atoms with Gasteiger partial charge in [0, 0.05) is 31.8 Å². The van der Waals surface area contributed by atoms with E-state index in [1.54, 1.807) is 19.2 Å². The van der Waals surface area contributed by atoms with Crippen molar-refractivity contribution in [3.05, 3.63) is 28.4 Å². The van der Waals surface area contributed by atoms with E-state index in [0.29, 0.717) is 47.9 Å². The molecule has 1 fully saturated rings. The Kier molecular flexibility index (Phi) is 5.66. The Bertz CT molecular complexity index is 749. The van der Waals surface area contributed by atoms with Gasteiger partial charge in [0.1, 0.15) is 17.9 Å². The first kappa shape index (κ1) is 18.2. The van der Waals surface area contributed by atoms with Gasteiger partial charge in [-0.2, -0.15) is 0 Å². The van der Waals surface area contributed by atoms with Crippen LogP contribution in [0.1, 0.15) is 24.2 Å². The largest absolute Gasteiger partial charge is 0.490 e. The van der Waals surface area contributed by atoms with Crippen molar-refractivity contribution in [2.24, 2.45) is 0 Å². The van der Waals surface area contributed by atoms with E-state index >= 15 is 0 Å². The number of fused-ring (bicyclic) bond motifs is 1. The van der Waals surface area contributed by atoms with Crippen molar-refractivity contribution in [3.8, 4) is 5.75 Å². The number of morpholine rings is 1. The zero-order valence-electron chi connectivity index (χ0n) is 14.6. The van der Waals surface area contributed by atoms with Crippen LogP contribution in [-0.4, -0.2) is 56.4 Å². The Labute approximate surface area is 155 Å². The quantitative estimate of drug-likeness (QED) is 0.704. The molecule has 0 bridgehead atoms. The highest BCUT2D eigenvalue weighted by atomic mass is 79.9. The molecule has 6 nitrogen and oxygen atoms in total. The fourth-order valence-corrected chi connectivity index (χ4v) is 3.48. The average Bonchev–Trinajstić information content (AvgIpc) is 2.93. The monoisotopic (exact) mass is 411 g/mol.